The smallest absolute Gasteiger partial charge is 0.248 e. The third kappa shape index (κ3) is 2.76. The molecule has 0 saturated heterocycles. The highest BCUT2D eigenvalue weighted by atomic mass is 16.1. The fraction of sp³-hybridized carbons (Fsp3) is 0.333. The minimum Gasteiger partial charge on any atom is -0.366 e. The van der Waals surface area contributed by atoms with Gasteiger partial charge >= 0.3 is 0 Å². The van der Waals surface area contributed by atoms with Crippen LogP contribution in [-0.4, -0.2) is 15.7 Å². The molecule has 0 spiro atoms. The second-order valence-electron chi connectivity index (χ2n) is 4.57. The second kappa shape index (κ2) is 5.57. The standard InChI is InChI=1S/C15H17N3O/c1-3-4-5-6-9-18-14-10-12(15(16)19)7-8-13(14)11(2)17-18/h1,7-8,10H,4-6,9H2,2H3,(H2,16,19). The Morgan fingerprint density at radius 3 is 2.95 bits per heavy atom. The molecule has 2 aromatic rings. The molecule has 19 heavy (non-hydrogen) atoms. The third-order valence-corrected chi connectivity index (χ3v) is 3.16. The molecule has 0 aliphatic heterocycles. The minimum atomic E-state index is -0.417. The van der Waals surface area contributed by atoms with Gasteiger partial charge in [-0.3, -0.25) is 9.48 Å². The Morgan fingerprint density at radius 1 is 1.47 bits per heavy atom. The number of primary amides is 1. The number of hydrogen-bond donors (Lipinski definition) is 1. The summed E-state index contributed by atoms with van der Waals surface area (Å²) in [6.07, 6.45) is 7.97. The van der Waals surface area contributed by atoms with E-state index in [2.05, 4.69) is 11.0 Å². The van der Waals surface area contributed by atoms with Crippen LogP contribution < -0.4 is 5.73 Å². The minimum absolute atomic E-state index is 0.417. The number of benzene rings is 1. The summed E-state index contributed by atoms with van der Waals surface area (Å²) in [5, 5.41) is 5.56. The fourth-order valence-electron chi connectivity index (χ4n) is 2.15. The summed E-state index contributed by atoms with van der Waals surface area (Å²) in [7, 11) is 0. The van der Waals surface area contributed by atoms with Crippen LogP contribution in [0.25, 0.3) is 10.9 Å². The number of carbonyl (C=O) groups is 1. The monoisotopic (exact) mass is 255 g/mol. The molecular weight excluding hydrogens is 238 g/mol. The van der Waals surface area contributed by atoms with Gasteiger partial charge in [-0.05, 0) is 31.9 Å². The first-order chi connectivity index (χ1) is 9.13. The Hall–Kier alpha value is -2.28. The highest BCUT2D eigenvalue weighted by molar-refractivity contribution is 5.97. The summed E-state index contributed by atoms with van der Waals surface area (Å²) in [6, 6.07) is 5.44. The Kier molecular flexibility index (Phi) is 3.86. The van der Waals surface area contributed by atoms with Crippen LogP contribution >= 0.6 is 0 Å². The van der Waals surface area contributed by atoms with Gasteiger partial charge in [0.15, 0.2) is 0 Å². The average Bonchev–Trinajstić information content (AvgIpc) is 2.71. The van der Waals surface area contributed by atoms with Crippen LogP contribution in [0.2, 0.25) is 0 Å². The lowest BCUT2D eigenvalue weighted by Gasteiger charge is -2.03. The lowest BCUT2D eigenvalue weighted by molar-refractivity contribution is 0.100. The summed E-state index contributed by atoms with van der Waals surface area (Å²) in [5.74, 6) is 2.21. The number of nitrogens with two attached hydrogens (primary N) is 1. The highest BCUT2D eigenvalue weighted by Gasteiger charge is 2.09. The van der Waals surface area contributed by atoms with E-state index in [1.54, 1.807) is 12.1 Å². The van der Waals surface area contributed by atoms with E-state index in [9.17, 15) is 4.79 Å². The Balaban J connectivity index is 2.30. The van der Waals surface area contributed by atoms with Crippen LogP contribution in [0.4, 0.5) is 0 Å². The van der Waals surface area contributed by atoms with Crippen molar-refractivity contribution >= 4 is 16.8 Å². The van der Waals surface area contributed by atoms with Gasteiger partial charge in [0.1, 0.15) is 0 Å². The van der Waals surface area contributed by atoms with Crippen molar-refractivity contribution in [1.82, 2.24) is 9.78 Å². The number of amides is 1. The van der Waals surface area contributed by atoms with E-state index >= 15 is 0 Å². The van der Waals surface area contributed by atoms with Crippen molar-refractivity contribution in [2.75, 3.05) is 0 Å². The number of aryl methyl sites for hydroxylation is 2. The van der Waals surface area contributed by atoms with Crippen LogP contribution in [0.1, 0.15) is 35.3 Å². The largest absolute Gasteiger partial charge is 0.366 e. The molecule has 4 nitrogen and oxygen atoms in total. The number of unbranched alkanes of at least 4 members (excludes halogenated alkanes) is 2. The number of fused-ring (bicyclic) bond motifs is 1. The van der Waals surface area contributed by atoms with Crippen LogP contribution in [0.15, 0.2) is 18.2 Å². The van der Waals surface area contributed by atoms with Crippen LogP contribution in [0.5, 0.6) is 0 Å². The van der Waals surface area contributed by atoms with E-state index < -0.39 is 5.91 Å². The lowest BCUT2D eigenvalue weighted by atomic mass is 10.1. The number of terminal acetylenes is 1. The summed E-state index contributed by atoms with van der Waals surface area (Å²) in [5.41, 5.74) is 7.74. The molecule has 98 valence electrons. The van der Waals surface area contributed by atoms with E-state index in [0.29, 0.717) is 5.56 Å². The van der Waals surface area contributed by atoms with Crippen molar-refractivity contribution < 1.29 is 4.79 Å². The van der Waals surface area contributed by atoms with Crippen LogP contribution in [0, 0.1) is 19.3 Å². The predicted octanol–water partition coefficient (Wildman–Crippen LogP) is 2.25. The number of nitrogens with zero attached hydrogens (tertiary/aromatic N) is 2. The zero-order valence-electron chi connectivity index (χ0n) is 11.0. The molecule has 1 aromatic carbocycles. The van der Waals surface area contributed by atoms with E-state index in [1.807, 2.05) is 17.7 Å². The normalized spacial score (nSPS) is 10.5. The molecule has 2 rings (SSSR count). The maximum Gasteiger partial charge on any atom is 0.248 e. The molecule has 1 aromatic heterocycles. The number of hydrogen-bond acceptors (Lipinski definition) is 2. The molecule has 1 amide bonds. The van der Waals surface area contributed by atoms with Gasteiger partial charge in [-0.2, -0.15) is 5.10 Å². The maximum absolute atomic E-state index is 11.2. The van der Waals surface area contributed by atoms with Gasteiger partial charge in [0.05, 0.1) is 11.2 Å². The first-order valence-corrected chi connectivity index (χ1v) is 6.34. The predicted molar refractivity (Wildman–Crippen MR) is 75.7 cm³/mol. The summed E-state index contributed by atoms with van der Waals surface area (Å²) in [6.45, 7) is 2.76. The molecule has 0 saturated carbocycles. The lowest BCUT2D eigenvalue weighted by Crippen LogP contribution is -2.11. The summed E-state index contributed by atoms with van der Waals surface area (Å²) in [4.78, 5) is 11.2. The number of rotatable bonds is 5. The summed E-state index contributed by atoms with van der Waals surface area (Å²) >= 11 is 0. The van der Waals surface area contributed by atoms with E-state index in [-0.39, 0.29) is 0 Å². The van der Waals surface area contributed by atoms with Gasteiger partial charge in [0.25, 0.3) is 0 Å². The molecule has 0 fully saturated rings. The highest BCUT2D eigenvalue weighted by Crippen LogP contribution is 2.20. The molecule has 0 bridgehead atoms. The van der Waals surface area contributed by atoms with Crippen LogP contribution in [-0.2, 0) is 6.54 Å². The van der Waals surface area contributed by atoms with E-state index in [1.165, 1.54) is 0 Å². The Morgan fingerprint density at radius 2 is 2.26 bits per heavy atom. The molecular formula is C15H17N3O. The zero-order valence-corrected chi connectivity index (χ0v) is 11.0. The van der Waals surface area contributed by atoms with Crippen molar-refractivity contribution in [3.63, 3.8) is 0 Å². The molecule has 1 heterocycles. The Labute approximate surface area is 112 Å². The van der Waals surface area contributed by atoms with Crippen molar-refractivity contribution in [2.45, 2.75) is 32.7 Å². The molecule has 2 N–H and O–H groups in total. The second-order valence-corrected chi connectivity index (χ2v) is 4.57. The average molecular weight is 255 g/mol. The first-order valence-electron chi connectivity index (χ1n) is 6.34. The van der Waals surface area contributed by atoms with Gasteiger partial charge in [-0.1, -0.05) is 6.07 Å². The molecule has 0 radical (unpaired) electrons. The van der Waals surface area contributed by atoms with Gasteiger partial charge < -0.3 is 5.73 Å². The van der Waals surface area contributed by atoms with Crippen molar-refractivity contribution in [3.05, 3.63) is 29.5 Å². The maximum atomic E-state index is 11.2. The SMILES string of the molecule is C#CCCCCn1nc(C)c2ccc(C(N)=O)cc21. The van der Waals surface area contributed by atoms with Gasteiger partial charge in [-0.25, -0.2) is 0 Å². The number of carbonyl (C=O) groups excluding carboxylic acids is 1. The molecule has 0 atom stereocenters. The molecule has 0 unspecified atom stereocenters. The molecule has 4 heteroatoms. The van der Waals surface area contributed by atoms with E-state index in [0.717, 1.165) is 42.4 Å². The third-order valence-electron chi connectivity index (χ3n) is 3.16. The first kappa shape index (κ1) is 13.2. The van der Waals surface area contributed by atoms with Gasteiger partial charge in [0.2, 0.25) is 5.91 Å². The van der Waals surface area contributed by atoms with Crippen molar-refractivity contribution in [3.8, 4) is 12.3 Å². The topological polar surface area (TPSA) is 60.9 Å². The molecule has 0 aliphatic carbocycles. The van der Waals surface area contributed by atoms with Crippen molar-refractivity contribution in [2.24, 2.45) is 5.73 Å². The van der Waals surface area contributed by atoms with Gasteiger partial charge in [-0.15, -0.1) is 12.3 Å². The van der Waals surface area contributed by atoms with Gasteiger partial charge in [0, 0.05) is 23.9 Å². The zero-order chi connectivity index (χ0) is 13.8. The Bertz CT molecular complexity index is 649. The van der Waals surface area contributed by atoms with Crippen molar-refractivity contribution in [1.29, 1.82) is 0 Å². The molecule has 0 aliphatic rings. The summed E-state index contributed by atoms with van der Waals surface area (Å²) < 4.78 is 1.92. The fourth-order valence-corrected chi connectivity index (χ4v) is 2.15. The van der Waals surface area contributed by atoms with Crippen LogP contribution in [0.3, 0.4) is 0 Å². The quantitative estimate of drug-likeness (QED) is 0.658. The van der Waals surface area contributed by atoms with E-state index in [4.69, 9.17) is 12.2 Å². The number of aromatic nitrogens is 2.